The molecule has 4 aromatic rings. The summed E-state index contributed by atoms with van der Waals surface area (Å²) in [6, 6.07) is 12.4. The molecule has 0 radical (unpaired) electrons. The summed E-state index contributed by atoms with van der Waals surface area (Å²) in [5, 5.41) is 16.1. The van der Waals surface area contributed by atoms with Gasteiger partial charge >= 0.3 is 6.18 Å². The van der Waals surface area contributed by atoms with E-state index in [2.05, 4.69) is 20.4 Å². The number of nitrogens with one attached hydrogen (secondary N) is 1. The minimum atomic E-state index is -4.70. The fourth-order valence-electron chi connectivity index (χ4n) is 4.06. The molecule has 2 aromatic carbocycles. The average molecular weight is 562 g/mol. The molecule has 0 bridgehead atoms. The number of alkyl halides is 3. The zero-order valence-corrected chi connectivity index (χ0v) is 21.4. The Balaban J connectivity index is 1.69. The van der Waals surface area contributed by atoms with Gasteiger partial charge < -0.3 is 19.7 Å². The standard InChI is InChI=1S/C25H22F3N5O5S/c1-14(2)37-16-7-9-17(10-8-16)39(35,36)33-12-15-6-11-20(25(26,27)28)30-23(15)29-19-5-3-4-18(22(19)33)24-31-21(13-34)38-32-24/h3-11,14,34H,12-13H2,1-2H3,(H,29,30). The number of rotatable bonds is 6. The maximum absolute atomic E-state index is 14.1. The maximum atomic E-state index is 14.1. The van der Waals surface area contributed by atoms with Crippen LogP contribution in [-0.2, 0) is 29.4 Å². The van der Waals surface area contributed by atoms with Crippen LogP contribution in [0.2, 0.25) is 0 Å². The van der Waals surface area contributed by atoms with Crippen molar-refractivity contribution >= 4 is 27.2 Å². The Bertz CT molecular complexity index is 1620. The molecule has 0 saturated carbocycles. The van der Waals surface area contributed by atoms with Gasteiger partial charge in [-0.05, 0) is 56.3 Å². The molecule has 0 saturated heterocycles. The van der Waals surface area contributed by atoms with Crippen LogP contribution in [0.15, 0.2) is 64.0 Å². The van der Waals surface area contributed by atoms with E-state index in [-0.39, 0.29) is 57.6 Å². The Hall–Kier alpha value is -4.17. The number of halogens is 3. The van der Waals surface area contributed by atoms with Gasteiger partial charge in [-0.15, -0.1) is 0 Å². The summed E-state index contributed by atoms with van der Waals surface area (Å²) in [7, 11) is -4.30. The number of benzene rings is 2. The van der Waals surface area contributed by atoms with Crippen LogP contribution < -0.4 is 14.4 Å². The highest BCUT2D eigenvalue weighted by Gasteiger charge is 2.37. The Kier molecular flexibility index (Phi) is 6.68. The van der Waals surface area contributed by atoms with E-state index in [1.54, 1.807) is 12.1 Å². The van der Waals surface area contributed by atoms with Crippen LogP contribution in [0.3, 0.4) is 0 Å². The van der Waals surface area contributed by atoms with E-state index in [4.69, 9.17) is 9.26 Å². The van der Waals surface area contributed by atoms with Crippen LogP contribution in [0.1, 0.15) is 31.0 Å². The van der Waals surface area contributed by atoms with Gasteiger partial charge in [-0.25, -0.2) is 13.4 Å². The smallest absolute Gasteiger partial charge is 0.433 e. The van der Waals surface area contributed by atoms with Gasteiger partial charge in [0.15, 0.2) is 0 Å². The fourth-order valence-corrected chi connectivity index (χ4v) is 5.54. The van der Waals surface area contributed by atoms with Gasteiger partial charge in [-0.1, -0.05) is 17.3 Å². The minimum Gasteiger partial charge on any atom is -0.491 e. The van der Waals surface area contributed by atoms with Gasteiger partial charge in [0.1, 0.15) is 23.9 Å². The maximum Gasteiger partial charge on any atom is 0.433 e. The summed E-state index contributed by atoms with van der Waals surface area (Å²) in [6.07, 6.45) is -4.83. The minimum absolute atomic E-state index is 0.0199. The predicted molar refractivity (Wildman–Crippen MR) is 134 cm³/mol. The molecule has 204 valence electrons. The molecule has 0 spiro atoms. The van der Waals surface area contributed by atoms with Crippen LogP contribution in [0.25, 0.3) is 11.4 Å². The lowest BCUT2D eigenvalue weighted by atomic mass is 10.1. The normalized spacial score (nSPS) is 13.5. The van der Waals surface area contributed by atoms with Crippen molar-refractivity contribution in [2.75, 3.05) is 9.62 Å². The van der Waals surface area contributed by atoms with Gasteiger partial charge in [0, 0.05) is 11.1 Å². The first-order valence-electron chi connectivity index (χ1n) is 11.7. The van der Waals surface area contributed by atoms with Crippen molar-refractivity contribution in [1.82, 2.24) is 15.1 Å². The van der Waals surface area contributed by atoms with Crippen LogP contribution in [0, 0.1) is 0 Å². The zero-order valence-electron chi connectivity index (χ0n) is 20.6. The van der Waals surface area contributed by atoms with Crippen molar-refractivity contribution in [2.24, 2.45) is 0 Å². The fraction of sp³-hybridized carbons (Fsp3) is 0.240. The van der Waals surface area contributed by atoms with E-state index in [0.29, 0.717) is 5.75 Å². The number of para-hydroxylation sites is 1. The first-order valence-corrected chi connectivity index (χ1v) is 13.1. The molecule has 0 amide bonds. The molecule has 2 N–H and O–H groups in total. The highest BCUT2D eigenvalue weighted by Crippen LogP contribution is 2.44. The van der Waals surface area contributed by atoms with Crippen molar-refractivity contribution in [2.45, 2.75) is 44.2 Å². The Morgan fingerprint density at radius 2 is 1.85 bits per heavy atom. The number of ether oxygens (including phenoxy) is 1. The number of sulfonamides is 1. The molecule has 0 unspecified atom stereocenters. The molecule has 0 atom stereocenters. The molecule has 3 heterocycles. The first-order chi connectivity index (χ1) is 18.5. The summed E-state index contributed by atoms with van der Waals surface area (Å²) >= 11 is 0. The van der Waals surface area contributed by atoms with Crippen LogP contribution >= 0.6 is 0 Å². The number of aromatic nitrogens is 3. The number of nitrogens with zero attached hydrogens (tertiary/aromatic N) is 4. The molecule has 1 aliphatic rings. The molecule has 2 aromatic heterocycles. The van der Waals surface area contributed by atoms with Crippen LogP contribution in [0.4, 0.5) is 30.4 Å². The summed E-state index contributed by atoms with van der Waals surface area (Å²) in [6.45, 7) is 2.78. The number of aliphatic hydroxyl groups is 1. The van der Waals surface area contributed by atoms with E-state index in [1.807, 2.05) is 13.8 Å². The SMILES string of the molecule is CC(C)Oc1ccc(S(=O)(=O)N2Cc3ccc(C(F)(F)F)nc3Nc3cccc(-c4noc(CO)n4)c32)cc1. The first kappa shape index (κ1) is 26.4. The molecule has 39 heavy (non-hydrogen) atoms. The Morgan fingerprint density at radius 3 is 2.49 bits per heavy atom. The summed E-state index contributed by atoms with van der Waals surface area (Å²) < 4.78 is 80.1. The van der Waals surface area contributed by atoms with Crippen molar-refractivity contribution in [1.29, 1.82) is 0 Å². The monoisotopic (exact) mass is 561 g/mol. The summed E-state index contributed by atoms with van der Waals surface area (Å²) in [5.74, 6) is 0.207. The Morgan fingerprint density at radius 1 is 1.10 bits per heavy atom. The predicted octanol–water partition coefficient (Wildman–Crippen LogP) is 4.88. The number of hydrogen-bond donors (Lipinski definition) is 2. The molecular weight excluding hydrogens is 539 g/mol. The summed E-state index contributed by atoms with van der Waals surface area (Å²) in [4.78, 5) is 7.76. The van der Waals surface area contributed by atoms with Gasteiger partial charge in [-0.3, -0.25) is 4.31 Å². The third-order valence-electron chi connectivity index (χ3n) is 5.75. The molecule has 1 aliphatic heterocycles. The lowest BCUT2D eigenvalue weighted by molar-refractivity contribution is -0.141. The number of pyridine rings is 1. The molecule has 10 nitrogen and oxygen atoms in total. The molecule has 14 heteroatoms. The molecule has 0 fully saturated rings. The van der Waals surface area contributed by atoms with Crippen LogP contribution in [-0.4, -0.2) is 34.8 Å². The van der Waals surface area contributed by atoms with Crippen molar-refractivity contribution in [3.8, 4) is 17.1 Å². The second-order valence-electron chi connectivity index (χ2n) is 8.85. The highest BCUT2D eigenvalue weighted by atomic mass is 32.2. The number of anilines is 3. The zero-order chi connectivity index (χ0) is 27.9. The third kappa shape index (κ3) is 5.12. The number of fused-ring (bicyclic) bond motifs is 2. The summed E-state index contributed by atoms with van der Waals surface area (Å²) in [5.41, 5.74) is -0.504. The van der Waals surface area contributed by atoms with E-state index < -0.39 is 28.5 Å². The largest absolute Gasteiger partial charge is 0.491 e. The molecule has 0 aliphatic carbocycles. The van der Waals surface area contributed by atoms with Crippen molar-refractivity contribution in [3.05, 3.63) is 71.7 Å². The van der Waals surface area contributed by atoms with Gasteiger partial charge in [0.05, 0.1) is 28.9 Å². The lowest BCUT2D eigenvalue weighted by Gasteiger charge is -2.26. The van der Waals surface area contributed by atoms with Gasteiger partial charge in [-0.2, -0.15) is 18.2 Å². The van der Waals surface area contributed by atoms with Gasteiger partial charge in [0.2, 0.25) is 5.82 Å². The lowest BCUT2D eigenvalue weighted by Crippen LogP contribution is -2.31. The van der Waals surface area contributed by atoms with Crippen molar-refractivity contribution in [3.63, 3.8) is 0 Å². The van der Waals surface area contributed by atoms with E-state index >= 15 is 0 Å². The number of aliphatic hydroxyl groups excluding tert-OH is 1. The Labute approximate surface area is 221 Å². The van der Waals surface area contributed by atoms with E-state index in [1.165, 1.54) is 36.4 Å². The van der Waals surface area contributed by atoms with Crippen molar-refractivity contribution < 1.29 is 36.0 Å². The molecule has 5 rings (SSSR count). The van der Waals surface area contributed by atoms with Gasteiger partial charge in [0.25, 0.3) is 15.9 Å². The topological polar surface area (TPSA) is 131 Å². The highest BCUT2D eigenvalue weighted by molar-refractivity contribution is 7.92. The average Bonchev–Trinajstić information content (AvgIpc) is 3.29. The quantitative estimate of drug-likeness (QED) is 0.338. The van der Waals surface area contributed by atoms with E-state index in [9.17, 15) is 26.7 Å². The molecular formula is C25H22F3N5O5S. The van der Waals surface area contributed by atoms with E-state index in [0.717, 1.165) is 10.4 Å². The second-order valence-corrected chi connectivity index (χ2v) is 10.7. The second kappa shape index (κ2) is 9.85. The third-order valence-corrected chi connectivity index (χ3v) is 7.51. The number of hydrogen-bond acceptors (Lipinski definition) is 9. The van der Waals surface area contributed by atoms with Crippen LogP contribution in [0.5, 0.6) is 5.75 Å².